The molecule has 2 aromatic carbocycles. The number of hydrogen-bond donors (Lipinski definition) is 1. The number of carbonyl (C=O) groups is 1. The summed E-state index contributed by atoms with van der Waals surface area (Å²) in [6.07, 6.45) is 2.67. The van der Waals surface area contributed by atoms with E-state index in [0.29, 0.717) is 16.6 Å². The summed E-state index contributed by atoms with van der Waals surface area (Å²) in [5.41, 5.74) is 3.66. The zero-order valence-corrected chi connectivity index (χ0v) is 18.2. The van der Waals surface area contributed by atoms with Crippen molar-refractivity contribution in [3.8, 4) is 5.75 Å². The minimum atomic E-state index is -0.672. The third kappa shape index (κ3) is 3.22. The zero-order valence-electron chi connectivity index (χ0n) is 16.7. The fourth-order valence-electron chi connectivity index (χ4n) is 4.82. The number of benzene rings is 2. The average molecular weight is 456 g/mol. The number of hydrogen-bond acceptors (Lipinski definition) is 4. The van der Waals surface area contributed by atoms with Crippen LogP contribution in [0.1, 0.15) is 44.7 Å². The molecule has 2 aliphatic rings. The van der Waals surface area contributed by atoms with Gasteiger partial charge < -0.3 is 10.0 Å². The number of fused-ring (bicyclic) bond motifs is 3. The largest absolute Gasteiger partial charge is 0.502 e. The first-order valence-electron chi connectivity index (χ1n) is 9.98. The predicted molar refractivity (Wildman–Crippen MR) is 118 cm³/mol. The molecule has 1 aliphatic carbocycles. The van der Waals surface area contributed by atoms with Crippen molar-refractivity contribution in [2.75, 3.05) is 13.6 Å². The predicted octanol–water partition coefficient (Wildman–Crippen LogP) is 3.81. The number of carbonyl (C=O) groups excluding carboxylic acids is 1. The van der Waals surface area contributed by atoms with Crippen molar-refractivity contribution in [3.05, 3.63) is 90.8 Å². The number of amides is 1. The van der Waals surface area contributed by atoms with Gasteiger partial charge in [0.15, 0.2) is 11.4 Å². The minimum Gasteiger partial charge on any atom is -0.502 e. The standard InChI is InChI=1S/C23H19Cl2N3O3/c1-27-11-18(28-21(23(27)31)22(30)19(29)10-26-28)20-16-6-4-14(24)8-12(16)2-3-13-9-15(25)5-7-17(13)20/h4-10,18,20,30H,2-3,11H2,1H3/t18-/m1/s1. The fourth-order valence-corrected chi connectivity index (χ4v) is 5.21. The van der Waals surface area contributed by atoms with E-state index in [1.807, 2.05) is 36.4 Å². The minimum absolute atomic E-state index is 0.0819. The van der Waals surface area contributed by atoms with Crippen LogP contribution in [0.4, 0.5) is 0 Å². The number of halogens is 2. The molecule has 5 rings (SSSR count). The lowest BCUT2D eigenvalue weighted by Crippen LogP contribution is -2.45. The van der Waals surface area contributed by atoms with Crippen LogP contribution in [-0.2, 0) is 12.8 Å². The fraction of sp³-hybridized carbons (Fsp3) is 0.261. The van der Waals surface area contributed by atoms with Crippen LogP contribution >= 0.6 is 23.2 Å². The molecule has 1 aromatic heterocycles. The molecule has 3 aromatic rings. The Morgan fingerprint density at radius 3 is 2.16 bits per heavy atom. The summed E-state index contributed by atoms with van der Waals surface area (Å²) >= 11 is 12.6. The average Bonchev–Trinajstić information content (AvgIpc) is 2.89. The number of likely N-dealkylation sites (N-methyl/N-ethyl adjacent to an activating group) is 1. The van der Waals surface area contributed by atoms with Gasteiger partial charge in [-0.2, -0.15) is 5.10 Å². The number of aryl methyl sites for hydroxylation is 2. The van der Waals surface area contributed by atoms with Crippen LogP contribution in [0.2, 0.25) is 10.0 Å². The molecule has 0 unspecified atom stereocenters. The molecule has 1 N–H and O–H groups in total. The van der Waals surface area contributed by atoms with Gasteiger partial charge in [0.05, 0.1) is 12.2 Å². The Labute approximate surface area is 188 Å². The Kier molecular flexibility index (Phi) is 4.79. The SMILES string of the molecule is CN1C[C@H](C2c3ccc(Cl)cc3CCc3cc(Cl)ccc32)n2ncc(=O)c(O)c2C1=O. The van der Waals surface area contributed by atoms with Crippen molar-refractivity contribution in [2.45, 2.75) is 24.8 Å². The van der Waals surface area contributed by atoms with Gasteiger partial charge in [-0.15, -0.1) is 0 Å². The zero-order chi connectivity index (χ0) is 21.9. The Balaban J connectivity index is 1.79. The highest BCUT2D eigenvalue weighted by Gasteiger charge is 2.40. The van der Waals surface area contributed by atoms with E-state index in [9.17, 15) is 14.7 Å². The van der Waals surface area contributed by atoms with E-state index >= 15 is 0 Å². The van der Waals surface area contributed by atoms with Crippen LogP contribution in [0.15, 0.2) is 47.4 Å². The normalized spacial score (nSPS) is 18.2. The quantitative estimate of drug-likeness (QED) is 0.605. The number of nitrogens with zero attached hydrogens (tertiary/aromatic N) is 3. The van der Waals surface area contributed by atoms with Crippen molar-refractivity contribution in [3.63, 3.8) is 0 Å². The number of aromatic hydroxyl groups is 1. The molecule has 6 nitrogen and oxygen atoms in total. The maximum absolute atomic E-state index is 12.8. The molecule has 8 heteroatoms. The van der Waals surface area contributed by atoms with Crippen molar-refractivity contribution >= 4 is 29.1 Å². The van der Waals surface area contributed by atoms with Gasteiger partial charge in [0.2, 0.25) is 5.43 Å². The third-order valence-corrected chi connectivity index (χ3v) is 6.71. The molecule has 2 heterocycles. The lowest BCUT2D eigenvalue weighted by Gasteiger charge is -2.38. The third-order valence-electron chi connectivity index (χ3n) is 6.24. The van der Waals surface area contributed by atoms with E-state index < -0.39 is 17.1 Å². The van der Waals surface area contributed by atoms with E-state index in [2.05, 4.69) is 5.10 Å². The molecular weight excluding hydrogens is 437 g/mol. The smallest absolute Gasteiger partial charge is 0.275 e. The van der Waals surface area contributed by atoms with Crippen LogP contribution in [0.3, 0.4) is 0 Å². The lowest BCUT2D eigenvalue weighted by molar-refractivity contribution is 0.0686. The summed E-state index contributed by atoms with van der Waals surface area (Å²) in [5.74, 6) is -1.18. The van der Waals surface area contributed by atoms with Gasteiger partial charge in [0.1, 0.15) is 0 Å². The molecule has 0 fully saturated rings. The van der Waals surface area contributed by atoms with E-state index in [-0.39, 0.29) is 17.7 Å². The molecule has 1 amide bonds. The second kappa shape index (κ2) is 7.39. The maximum Gasteiger partial charge on any atom is 0.275 e. The Morgan fingerprint density at radius 1 is 1.00 bits per heavy atom. The summed E-state index contributed by atoms with van der Waals surface area (Å²) < 4.78 is 1.51. The van der Waals surface area contributed by atoms with Crippen LogP contribution in [0.5, 0.6) is 5.75 Å². The van der Waals surface area contributed by atoms with Crippen LogP contribution < -0.4 is 5.43 Å². The molecule has 0 saturated heterocycles. The van der Waals surface area contributed by atoms with Gasteiger partial charge in [-0.05, 0) is 59.4 Å². The maximum atomic E-state index is 12.8. The Hall–Kier alpha value is -2.83. The van der Waals surface area contributed by atoms with Gasteiger partial charge in [-0.25, -0.2) is 0 Å². The first-order valence-corrected chi connectivity index (χ1v) is 10.7. The van der Waals surface area contributed by atoms with Gasteiger partial charge in [0, 0.05) is 29.6 Å². The van der Waals surface area contributed by atoms with E-state index in [1.165, 1.54) is 9.58 Å². The molecule has 0 saturated carbocycles. The molecule has 31 heavy (non-hydrogen) atoms. The summed E-state index contributed by atoms with van der Waals surface area (Å²) in [4.78, 5) is 26.3. The van der Waals surface area contributed by atoms with Crippen LogP contribution in [0.25, 0.3) is 0 Å². The highest BCUT2D eigenvalue weighted by molar-refractivity contribution is 6.31. The summed E-state index contributed by atoms with van der Waals surface area (Å²) in [6, 6.07) is 11.4. The number of rotatable bonds is 1. The highest BCUT2D eigenvalue weighted by atomic mass is 35.5. The molecule has 1 atom stereocenters. The summed E-state index contributed by atoms with van der Waals surface area (Å²) in [7, 11) is 1.66. The Bertz CT molecular complexity index is 1230. The molecule has 1 aliphatic heterocycles. The monoisotopic (exact) mass is 455 g/mol. The molecular formula is C23H19Cl2N3O3. The lowest BCUT2D eigenvalue weighted by atomic mass is 9.81. The second-order valence-electron chi connectivity index (χ2n) is 8.07. The van der Waals surface area contributed by atoms with E-state index in [0.717, 1.165) is 41.3 Å². The van der Waals surface area contributed by atoms with Gasteiger partial charge in [-0.3, -0.25) is 14.3 Å². The number of aromatic nitrogens is 2. The first-order chi connectivity index (χ1) is 14.8. The molecule has 0 spiro atoms. The van der Waals surface area contributed by atoms with Crippen LogP contribution in [-0.4, -0.2) is 39.3 Å². The summed E-state index contributed by atoms with van der Waals surface area (Å²) in [5, 5.41) is 16.0. The highest BCUT2D eigenvalue weighted by Crippen LogP contribution is 2.44. The van der Waals surface area contributed by atoms with Crippen molar-refractivity contribution in [2.24, 2.45) is 0 Å². The van der Waals surface area contributed by atoms with E-state index in [1.54, 1.807) is 7.05 Å². The van der Waals surface area contributed by atoms with Crippen molar-refractivity contribution < 1.29 is 9.90 Å². The molecule has 158 valence electrons. The van der Waals surface area contributed by atoms with Crippen molar-refractivity contribution in [1.82, 2.24) is 14.7 Å². The van der Waals surface area contributed by atoms with Crippen molar-refractivity contribution in [1.29, 1.82) is 0 Å². The molecule has 0 radical (unpaired) electrons. The molecule has 0 bridgehead atoms. The van der Waals surface area contributed by atoms with Gasteiger partial charge in [-0.1, -0.05) is 35.3 Å². The second-order valence-corrected chi connectivity index (χ2v) is 8.94. The van der Waals surface area contributed by atoms with Gasteiger partial charge in [0.25, 0.3) is 5.91 Å². The van der Waals surface area contributed by atoms with Gasteiger partial charge >= 0.3 is 0 Å². The topological polar surface area (TPSA) is 75.4 Å². The Morgan fingerprint density at radius 2 is 1.58 bits per heavy atom. The van der Waals surface area contributed by atoms with Crippen LogP contribution in [0, 0.1) is 0 Å². The summed E-state index contributed by atoms with van der Waals surface area (Å²) in [6.45, 7) is 0.371. The van der Waals surface area contributed by atoms with E-state index in [4.69, 9.17) is 23.2 Å². The first kappa shape index (κ1) is 20.1.